The molecule has 0 bridgehead atoms. The Morgan fingerprint density at radius 3 is 2.29 bits per heavy atom. The Morgan fingerprint density at radius 1 is 0.971 bits per heavy atom. The van der Waals surface area contributed by atoms with Crippen molar-refractivity contribution in [2.75, 3.05) is 31.1 Å². The first-order chi connectivity index (χ1) is 16.8. The molecular formula is C30H36N2O3. The van der Waals surface area contributed by atoms with Crippen LogP contribution in [0.15, 0.2) is 65.5 Å². The molecule has 1 aliphatic heterocycles. The second-order valence-electron chi connectivity index (χ2n) is 9.13. The number of anilines is 1. The van der Waals surface area contributed by atoms with E-state index in [9.17, 15) is 9.90 Å². The average Bonchev–Trinajstić information content (AvgIpc) is 2.85. The maximum atomic E-state index is 12.2. The molecule has 2 aromatic carbocycles. The molecule has 1 unspecified atom stereocenters. The third-order valence-electron chi connectivity index (χ3n) is 7.21. The molecule has 0 radical (unpaired) electrons. The zero-order valence-corrected chi connectivity index (χ0v) is 21.7. The van der Waals surface area contributed by atoms with Gasteiger partial charge in [0.15, 0.2) is 0 Å². The Kier molecular flexibility index (Phi) is 7.18. The highest BCUT2D eigenvalue weighted by molar-refractivity contribution is 6.00. The monoisotopic (exact) mass is 472 g/mol. The Labute approximate surface area is 209 Å². The predicted molar refractivity (Wildman–Crippen MR) is 143 cm³/mol. The SMILES string of the molecule is CCN(CC)c1cc2c(cc1C)C(c1ccccc1C(=O)O)=C1C=C(C)C(N(CC)CC)C=C1O2. The summed E-state index contributed by atoms with van der Waals surface area (Å²) in [6, 6.07) is 11.7. The molecule has 0 aromatic heterocycles. The van der Waals surface area contributed by atoms with Crippen LogP contribution in [0.1, 0.15) is 61.7 Å². The van der Waals surface area contributed by atoms with E-state index in [-0.39, 0.29) is 6.04 Å². The molecule has 4 rings (SSSR count). The molecule has 0 amide bonds. The van der Waals surface area contributed by atoms with Crippen LogP contribution in [0.5, 0.6) is 5.75 Å². The highest BCUT2D eigenvalue weighted by Crippen LogP contribution is 2.47. The zero-order valence-electron chi connectivity index (χ0n) is 21.7. The number of carboxylic acid groups (broad SMARTS) is 1. The minimum absolute atomic E-state index is 0.147. The van der Waals surface area contributed by atoms with Gasteiger partial charge in [-0.05, 0) is 76.2 Å². The molecule has 1 atom stereocenters. The first-order valence-electron chi connectivity index (χ1n) is 12.6. The quantitative estimate of drug-likeness (QED) is 0.489. The fourth-order valence-electron chi connectivity index (χ4n) is 5.35. The maximum absolute atomic E-state index is 12.2. The van der Waals surface area contributed by atoms with E-state index in [1.54, 1.807) is 12.1 Å². The molecule has 5 heteroatoms. The number of rotatable bonds is 8. The van der Waals surface area contributed by atoms with E-state index >= 15 is 0 Å². The molecule has 1 heterocycles. The predicted octanol–water partition coefficient (Wildman–Crippen LogP) is 6.29. The van der Waals surface area contributed by atoms with Crippen LogP contribution in [0, 0.1) is 6.92 Å². The van der Waals surface area contributed by atoms with E-state index in [1.807, 2.05) is 12.1 Å². The molecule has 0 saturated carbocycles. The Hall–Kier alpha value is -3.31. The minimum atomic E-state index is -0.929. The topological polar surface area (TPSA) is 53.0 Å². The lowest BCUT2D eigenvalue weighted by molar-refractivity contribution is 0.0696. The molecule has 0 saturated heterocycles. The number of hydrogen-bond donors (Lipinski definition) is 1. The van der Waals surface area contributed by atoms with Gasteiger partial charge in [-0.3, -0.25) is 4.90 Å². The van der Waals surface area contributed by atoms with Crippen molar-refractivity contribution in [3.8, 4) is 5.75 Å². The summed E-state index contributed by atoms with van der Waals surface area (Å²) in [5.41, 5.74) is 7.32. The van der Waals surface area contributed by atoms with Crippen LogP contribution in [-0.4, -0.2) is 48.2 Å². The van der Waals surface area contributed by atoms with Gasteiger partial charge in [-0.15, -0.1) is 0 Å². The largest absolute Gasteiger partial charge is 0.478 e. The summed E-state index contributed by atoms with van der Waals surface area (Å²) in [6.45, 7) is 16.6. The lowest BCUT2D eigenvalue weighted by atomic mass is 9.83. The fraction of sp³-hybridized carbons (Fsp3) is 0.367. The van der Waals surface area contributed by atoms with E-state index < -0.39 is 5.97 Å². The van der Waals surface area contributed by atoms with Gasteiger partial charge < -0.3 is 14.7 Å². The third kappa shape index (κ3) is 4.41. The number of aromatic carboxylic acids is 1. The molecule has 35 heavy (non-hydrogen) atoms. The number of likely N-dealkylation sites (N-methyl/N-ethyl adjacent to an activating group) is 1. The summed E-state index contributed by atoms with van der Waals surface area (Å²) in [7, 11) is 0. The summed E-state index contributed by atoms with van der Waals surface area (Å²) in [5, 5.41) is 10.0. The molecule has 2 aromatic rings. The van der Waals surface area contributed by atoms with Gasteiger partial charge in [0.1, 0.15) is 11.5 Å². The number of hydrogen-bond acceptors (Lipinski definition) is 4. The highest BCUT2D eigenvalue weighted by Gasteiger charge is 2.32. The van der Waals surface area contributed by atoms with Gasteiger partial charge in [-0.25, -0.2) is 4.79 Å². The average molecular weight is 473 g/mol. The third-order valence-corrected chi connectivity index (χ3v) is 7.21. The van der Waals surface area contributed by atoms with Gasteiger partial charge >= 0.3 is 5.97 Å². The van der Waals surface area contributed by atoms with Crippen molar-refractivity contribution in [3.63, 3.8) is 0 Å². The van der Waals surface area contributed by atoms with E-state index in [0.29, 0.717) is 11.1 Å². The molecule has 0 spiro atoms. The molecule has 184 valence electrons. The van der Waals surface area contributed by atoms with Crippen LogP contribution >= 0.6 is 0 Å². The van der Waals surface area contributed by atoms with Gasteiger partial charge in [-0.1, -0.05) is 37.6 Å². The van der Waals surface area contributed by atoms with Gasteiger partial charge in [0.25, 0.3) is 0 Å². The number of benzene rings is 2. The van der Waals surface area contributed by atoms with Crippen molar-refractivity contribution in [2.24, 2.45) is 0 Å². The molecule has 1 N–H and O–H groups in total. The van der Waals surface area contributed by atoms with E-state index in [2.05, 4.69) is 75.6 Å². The summed E-state index contributed by atoms with van der Waals surface area (Å²) in [4.78, 5) is 16.9. The Bertz CT molecular complexity index is 1230. The standard InChI is InChI=1S/C30H36N2O3/c1-7-31(8-2)25-17-27-23(15-19(25)5)29(21-13-11-12-14-22(21)30(33)34)24-16-20(6)26(18-28(24)35-27)32(9-3)10-4/h11-18,25H,7-10H2,1-6H3,(H,33,34). The summed E-state index contributed by atoms with van der Waals surface area (Å²) >= 11 is 0. The normalized spacial score (nSPS) is 16.8. The summed E-state index contributed by atoms with van der Waals surface area (Å²) in [5.74, 6) is 0.639. The number of ether oxygens (including phenoxy) is 1. The van der Waals surface area contributed by atoms with Gasteiger partial charge in [0, 0.05) is 41.6 Å². The molecule has 1 aliphatic carbocycles. The second-order valence-corrected chi connectivity index (χ2v) is 9.13. The lowest BCUT2D eigenvalue weighted by Crippen LogP contribution is -2.36. The second kappa shape index (κ2) is 10.1. The van der Waals surface area contributed by atoms with Crippen LogP contribution in [0.2, 0.25) is 0 Å². The highest BCUT2D eigenvalue weighted by atomic mass is 16.5. The first kappa shape index (κ1) is 24.8. The lowest BCUT2D eigenvalue weighted by Gasteiger charge is -2.35. The molecule has 2 aliphatic rings. The molecule has 0 fully saturated rings. The van der Waals surface area contributed by atoms with Crippen LogP contribution in [0.3, 0.4) is 0 Å². The van der Waals surface area contributed by atoms with E-state index in [4.69, 9.17) is 4.74 Å². The van der Waals surface area contributed by atoms with Crippen LogP contribution in [0.25, 0.3) is 5.57 Å². The number of nitrogens with zero attached hydrogens (tertiary/aromatic N) is 2. The summed E-state index contributed by atoms with van der Waals surface area (Å²) in [6.07, 6.45) is 4.38. The number of allylic oxidation sites excluding steroid dienone is 1. The van der Waals surface area contributed by atoms with Crippen molar-refractivity contribution >= 4 is 17.2 Å². The van der Waals surface area contributed by atoms with E-state index in [1.165, 1.54) is 5.57 Å². The van der Waals surface area contributed by atoms with Crippen molar-refractivity contribution in [2.45, 2.75) is 47.6 Å². The van der Waals surface area contributed by atoms with Crippen molar-refractivity contribution < 1.29 is 14.6 Å². The fourth-order valence-corrected chi connectivity index (χ4v) is 5.35. The van der Waals surface area contributed by atoms with E-state index in [0.717, 1.165) is 65.6 Å². The summed E-state index contributed by atoms with van der Waals surface area (Å²) < 4.78 is 6.60. The van der Waals surface area contributed by atoms with Crippen molar-refractivity contribution in [1.82, 2.24) is 4.90 Å². The zero-order chi connectivity index (χ0) is 25.3. The smallest absolute Gasteiger partial charge is 0.336 e. The number of fused-ring (bicyclic) bond motifs is 2. The Balaban J connectivity index is 2.02. The van der Waals surface area contributed by atoms with Gasteiger partial charge in [-0.2, -0.15) is 0 Å². The van der Waals surface area contributed by atoms with Gasteiger partial charge in [0.05, 0.1) is 11.6 Å². The Morgan fingerprint density at radius 2 is 1.66 bits per heavy atom. The molecule has 5 nitrogen and oxygen atoms in total. The van der Waals surface area contributed by atoms with Crippen LogP contribution < -0.4 is 9.64 Å². The van der Waals surface area contributed by atoms with Crippen molar-refractivity contribution in [3.05, 3.63) is 87.7 Å². The molecular weight excluding hydrogens is 436 g/mol. The number of aryl methyl sites for hydroxylation is 1. The number of carbonyl (C=O) groups is 1. The minimum Gasteiger partial charge on any atom is -0.478 e. The first-order valence-corrected chi connectivity index (χ1v) is 12.6. The van der Waals surface area contributed by atoms with Crippen LogP contribution in [0.4, 0.5) is 5.69 Å². The van der Waals surface area contributed by atoms with Crippen LogP contribution in [-0.2, 0) is 0 Å². The maximum Gasteiger partial charge on any atom is 0.336 e. The van der Waals surface area contributed by atoms with Crippen molar-refractivity contribution in [1.29, 1.82) is 0 Å². The number of carboxylic acids is 1. The van der Waals surface area contributed by atoms with Gasteiger partial charge in [0.2, 0.25) is 0 Å².